The maximum atomic E-state index is 13.7. The molecule has 0 spiro atoms. The van der Waals surface area contributed by atoms with Gasteiger partial charge < -0.3 is 9.64 Å². The number of nitrogens with zero attached hydrogens (tertiary/aromatic N) is 1. The smallest absolute Gasteiger partial charge is 0.253 e. The Hall–Kier alpha value is -1.88. The topological polar surface area (TPSA) is 29.5 Å². The Morgan fingerprint density at radius 3 is 2.48 bits per heavy atom. The fourth-order valence-corrected chi connectivity index (χ4v) is 2.93. The number of halogens is 2. The molecular weight excluding hydrogens is 361 g/mol. The summed E-state index contributed by atoms with van der Waals surface area (Å²) in [5, 5.41) is 0. The molecule has 0 saturated carbocycles. The van der Waals surface area contributed by atoms with Crippen LogP contribution in [0.15, 0.2) is 46.9 Å². The first-order chi connectivity index (χ1) is 11.1. The van der Waals surface area contributed by atoms with Gasteiger partial charge in [-0.1, -0.05) is 28.1 Å². The highest BCUT2D eigenvalue weighted by Gasteiger charge is 2.19. The number of hydrogen-bond donors (Lipinski definition) is 0. The first-order valence-electron chi connectivity index (χ1n) is 7.59. The predicted molar refractivity (Wildman–Crippen MR) is 90.0 cm³/mol. The molecule has 1 fully saturated rings. The molecule has 0 aromatic heterocycles. The van der Waals surface area contributed by atoms with E-state index in [1.807, 2.05) is 17.0 Å². The van der Waals surface area contributed by atoms with E-state index in [1.54, 1.807) is 24.3 Å². The van der Waals surface area contributed by atoms with Gasteiger partial charge in [0.1, 0.15) is 6.61 Å². The lowest BCUT2D eigenvalue weighted by atomic mass is 10.1. The number of benzene rings is 2. The summed E-state index contributed by atoms with van der Waals surface area (Å²) >= 11 is 3.21. The zero-order valence-corrected chi connectivity index (χ0v) is 14.2. The zero-order valence-electron chi connectivity index (χ0n) is 12.6. The Bertz CT molecular complexity index is 697. The second kappa shape index (κ2) is 7.13. The summed E-state index contributed by atoms with van der Waals surface area (Å²) in [6.45, 7) is 1.94. The van der Waals surface area contributed by atoms with Crippen molar-refractivity contribution in [2.45, 2.75) is 19.4 Å². The third-order valence-electron chi connectivity index (χ3n) is 3.88. The standard InChI is InChI=1S/C18H17BrFNO2/c19-15-7-8-17(16(20)11-15)23-12-13-3-5-14(6-4-13)18(22)21-9-1-2-10-21/h3-8,11H,1-2,9-10,12H2. The molecule has 1 aliphatic rings. The molecule has 3 nitrogen and oxygen atoms in total. The van der Waals surface area contributed by atoms with Gasteiger partial charge in [-0.2, -0.15) is 0 Å². The van der Waals surface area contributed by atoms with E-state index in [0.29, 0.717) is 10.0 Å². The van der Waals surface area contributed by atoms with Crippen molar-refractivity contribution >= 4 is 21.8 Å². The number of amides is 1. The Morgan fingerprint density at radius 1 is 1.13 bits per heavy atom. The van der Waals surface area contributed by atoms with Gasteiger partial charge in [0, 0.05) is 23.1 Å². The van der Waals surface area contributed by atoms with Crippen LogP contribution in [0.25, 0.3) is 0 Å². The maximum Gasteiger partial charge on any atom is 0.253 e. The zero-order chi connectivity index (χ0) is 16.2. The van der Waals surface area contributed by atoms with Gasteiger partial charge in [-0.15, -0.1) is 0 Å². The van der Waals surface area contributed by atoms with E-state index in [9.17, 15) is 9.18 Å². The van der Waals surface area contributed by atoms with Crippen LogP contribution in [0, 0.1) is 5.82 Å². The summed E-state index contributed by atoms with van der Waals surface area (Å²) in [5.74, 6) is -0.112. The molecule has 0 aliphatic carbocycles. The Labute approximate surface area is 143 Å². The van der Waals surface area contributed by atoms with Crippen LogP contribution in [-0.4, -0.2) is 23.9 Å². The number of hydrogen-bond acceptors (Lipinski definition) is 2. The lowest BCUT2D eigenvalue weighted by molar-refractivity contribution is 0.0793. The molecule has 1 heterocycles. The van der Waals surface area contributed by atoms with Crippen molar-refractivity contribution in [3.05, 3.63) is 63.9 Å². The lowest BCUT2D eigenvalue weighted by Crippen LogP contribution is -2.27. The fraction of sp³-hybridized carbons (Fsp3) is 0.278. The van der Waals surface area contributed by atoms with E-state index in [4.69, 9.17) is 4.74 Å². The van der Waals surface area contributed by atoms with Gasteiger partial charge in [-0.3, -0.25) is 4.79 Å². The van der Waals surface area contributed by atoms with E-state index in [1.165, 1.54) is 6.07 Å². The minimum absolute atomic E-state index is 0.0777. The van der Waals surface area contributed by atoms with Crippen LogP contribution in [0.2, 0.25) is 0 Å². The van der Waals surface area contributed by atoms with Crippen molar-refractivity contribution in [2.24, 2.45) is 0 Å². The highest BCUT2D eigenvalue weighted by Crippen LogP contribution is 2.22. The van der Waals surface area contributed by atoms with E-state index < -0.39 is 5.82 Å². The summed E-state index contributed by atoms with van der Waals surface area (Å²) in [6, 6.07) is 12.0. The van der Waals surface area contributed by atoms with Gasteiger partial charge in [-0.25, -0.2) is 4.39 Å². The average molecular weight is 378 g/mol. The SMILES string of the molecule is O=C(c1ccc(COc2ccc(Br)cc2F)cc1)N1CCCC1. The van der Waals surface area contributed by atoms with Crippen LogP contribution in [0.3, 0.4) is 0 Å². The summed E-state index contributed by atoms with van der Waals surface area (Å²) in [5.41, 5.74) is 1.58. The molecule has 1 amide bonds. The number of rotatable bonds is 4. The van der Waals surface area contributed by atoms with Gasteiger partial charge in [-0.05, 0) is 48.7 Å². The Morgan fingerprint density at radius 2 is 1.83 bits per heavy atom. The third-order valence-corrected chi connectivity index (χ3v) is 4.38. The van der Waals surface area contributed by atoms with E-state index in [-0.39, 0.29) is 18.3 Å². The molecule has 23 heavy (non-hydrogen) atoms. The summed E-state index contributed by atoms with van der Waals surface area (Å²) in [4.78, 5) is 14.1. The normalized spacial score (nSPS) is 14.1. The van der Waals surface area contributed by atoms with Crippen LogP contribution >= 0.6 is 15.9 Å². The quantitative estimate of drug-likeness (QED) is 0.789. The molecule has 0 radical (unpaired) electrons. The molecule has 2 aromatic rings. The number of likely N-dealkylation sites (tertiary alicyclic amines) is 1. The highest BCUT2D eigenvalue weighted by molar-refractivity contribution is 9.10. The molecule has 120 valence electrons. The number of carbonyl (C=O) groups excluding carboxylic acids is 1. The van der Waals surface area contributed by atoms with Crippen LogP contribution < -0.4 is 4.74 Å². The number of ether oxygens (including phenoxy) is 1. The molecular formula is C18H17BrFNO2. The predicted octanol–water partition coefficient (Wildman–Crippen LogP) is 4.40. The van der Waals surface area contributed by atoms with E-state index in [0.717, 1.165) is 31.5 Å². The summed E-state index contributed by atoms with van der Waals surface area (Å²) in [6.07, 6.45) is 2.16. The molecule has 1 saturated heterocycles. The van der Waals surface area contributed by atoms with Crippen molar-refractivity contribution in [1.29, 1.82) is 0 Å². The molecule has 2 aromatic carbocycles. The van der Waals surface area contributed by atoms with Gasteiger partial charge in [0.2, 0.25) is 0 Å². The van der Waals surface area contributed by atoms with Crippen molar-refractivity contribution in [1.82, 2.24) is 4.90 Å². The van der Waals surface area contributed by atoms with Gasteiger partial charge in [0.25, 0.3) is 5.91 Å². The fourth-order valence-electron chi connectivity index (χ4n) is 2.60. The minimum Gasteiger partial charge on any atom is -0.486 e. The maximum absolute atomic E-state index is 13.7. The monoisotopic (exact) mass is 377 g/mol. The summed E-state index contributed by atoms with van der Waals surface area (Å²) < 4.78 is 19.9. The minimum atomic E-state index is -0.403. The first-order valence-corrected chi connectivity index (χ1v) is 8.39. The molecule has 0 atom stereocenters. The van der Waals surface area contributed by atoms with Crippen molar-refractivity contribution < 1.29 is 13.9 Å². The largest absolute Gasteiger partial charge is 0.486 e. The Balaban J connectivity index is 1.62. The first kappa shape index (κ1) is 16.0. The second-order valence-corrected chi connectivity index (χ2v) is 6.48. The summed E-state index contributed by atoms with van der Waals surface area (Å²) in [7, 11) is 0. The molecule has 0 bridgehead atoms. The van der Waals surface area contributed by atoms with E-state index >= 15 is 0 Å². The third kappa shape index (κ3) is 3.91. The van der Waals surface area contributed by atoms with Crippen molar-refractivity contribution in [3.63, 3.8) is 0 Å². The molecule has 1 aliphatic heterocycles. The molecule has 0 unspecified atom stereocenters. The molecule has 5 heteroatoms. The Kier molecular flexibility index (Phi) is 4.96. The van der Waals surface area contributed by atoms with Gasteiger partial charge in [0.15, 0.2) is 11.6 Å². The second-order valence-electron chi connectivity index (χ2n) is 5.56. The van der Waals surface area contributed by atoms with E-state index in [2.05, 4.69) is 15.9 Å². The van der Waals surface area contributed by atoms with Crippen LogP contribution in [0.4, 0.5) is 4.39 Å². The molecule has 3 rings (SSSR count). The van der Waals surface area contributed by atoms with Gasteiger partial charge in [0.05, 0.1) is 0 Å². The van der Waals surface area contributed by atoms with Crippen molar-refractivity contribution in [2.75, 3.05) is 13.1 Å². The highest BCUT2D eigenvalue weighted by atomic mass is 79.9. The average Bonchev–Trinajstić information content (AvgIpc) is 3.08. The van der Waals surface area contributed by atoms with Crippen LogP contribution in [0.5, 0.6) is 5.75 Å². The van der Waals surface area contributed by atoms with Crippen LogP contribution in [0.1, 0.15) is 28.8 Å². The number of carbonyl (C=O) groups is 1. The van der Waals surface area contributed by atoms with Gasteiger partial charge >= 0.3 is 0 Å². The van der Waals surface area contributed by atoms with Crippen LogP contribution in [-0.2, 0) is 6.61 Å². The molecule has 0 N–H and O–H groups in total. The lowest BCUT2D eigenvalue weighted by Gasteiger charge is -2.15. The van der Waals surface area contributed by atoms with Crippen molar-refractivity contribution in [3.8, 4) is 5.75 Å².